The third-order valence-corrected chi connectivity index (χ3v) is 5.31. The van der Waals surface area contributed by atoms with Crippen molar-refractivity contribution in [3.63, 3.8) is 0 Å². The molecule has 2 heterocycles. The van der Waals surface area contributed by atoms with Gasteiger partial charge in [-0.15, -0.1) is 0 Å². The second-order valence-electron chi connectivity index (χ2n) is 7.71. The maximum Gasteiger partial charge on any atom is 0.306 e. The zero-order chi connectivity index (χ0) is 21.0. The van der Waals surface area contributed by atoms with Gasteiger partial charge in [0.15, 0.2) is 0 Å². The molecule has 3 rings (SSSR count). The Kier molecular flexibility index (Phi) is 6.75. The van der Waals surface area contributed by atoms with Crippen LogP contribution in [-0.4, -0.2) is 30.0 Å². The highest BCUT2D eigenvalue weighted by Crippen LogP contribution is 2.28. The Bertz CT molecular complexity index is 914. The average molecular weight is 416 g/mol. The second kappa shape index (κ2) is 9.27. The normalized spacial score (nSPS) is 16.4. The van der Waals surface area contributed by atoms with E-state index in [-0.39, 0.29) is 23.7 Å². The van der Waals surface area contributed by atoms with Crippen LogP contribution in [0.4, 0.5) is 11.5 Å². The number of amides is 1. The van der Waals surface area contributed by atoms with Gasteiger partial charge in [-0.1, -0.05) is 31.5 Å². The summed E-state index contributed by atoms with van der Waals surface area (Å²) in [6.45, 7) is 6.93. The number of ether oxygens (including phenoxy) is 1. The van der Waals surface area contributed by atoms with Gasteiger partial charge in [0.1, 0.15) is 5.82 Å². The smallest absolute Gasteiger partial charge is 0.306 e. The van der Waals surface area contributed by atoms with Crippen molar-refractivity contribution in [2.24, 2.45) is 5.92 Å². The molecule has 154 valence electrons. The molecule has 1 fully saturated rings. The van der Waals surface area contributed by atoms with Crippen LogP contribution >= 0.6 is 11.6 Å². The zero-order valence-electron chi connectivity index (χ0n) is 16.9. The first-order valence-corrected chi connectivity index (χ1v) is 10.2. The number of hydrogen-bond acceptors (Lipinski definition) is 5. The first-order valence-electron chi connectivity index (χ1n) is 9.80. The fraction of sp³-hybridized carbons (Fsp3) is 0.409. The molecule has 0 radical (unpaired) electrons. The molecule has 0 bridgehead atoms. The maximum atomic E-state index is 12.8. The van der Waals surface area contributed by atoms with Crippen LogP contribution in [-0.2, 0) is 9.53 Å². The number of cyclic esters (lactones) is 1. The molecule has 1 aromatic heterocycles. The first kappa shape index (κ1) is 21.1. The number of nitrogens with one attached hydrogen (secondary N) is 2. The van der Waals surface area contributed by atoms with Gasteiger partial charge in [0.2, 0.25) is 0 Å². The molecular weight excluding hydrogens is 390 g/mol. The van der Waals surface area contributed by atoms with E-state index in [0.717, 1.165) is 23.2 Å². The minimum absolute atomic E-state index is 0.111. The Morgan fingerprint density at radius 2 is 2.14 bits per heavy atom. The lowest BCUT2D eigenvalue weighted by molar-refractivity contribution is -0.149. The number of hydrogen-bond donors (Lipinski definition) is 2. The Morgan fingerprint density at radius 3 is 2.86 bits per heavy atom. The molecule has 1 atom stereocenters. The molecule has 0 aliphatic carbocycles. The van der Waals surface area contributed by atoms with Crippen LogP contribution in [0, 0.1) is 12.8 Å². The lowest BCUT2D eigenvalue weighted by Gasteiger charge is -2.22. The monoisotopic (exact) mass is 415 g/mol. The first-order chi connectivity index (χ1) is 13.8. The molecule has 7 heteroatoms. The minimum atomic E-state index is -0.203. The number of pyridine rings is 1. The van der Waals surface area contributed by atoms with Crippen molar-refractivity contribution in [3.8, 4) is 0 Å². The number of aromatic nitrogens is 1. The molecule has 1 unspecified atom stereocenters. The highest BCUT2D eigenvalue weighted by Gasteiger charge is 2.22. The number of carbonyl (C=O) groups is 2. The zero-order valence-corrected chi connectivity index (χ0v) is 17.7. The largest absolute Gasteiger partial charge is 0.466 e. The molecule has 1 amide bonds. The van der Waals surface area contributed by atoms with Gasteiger partial charge in [0.05, 0.1) is 29.3 Å². The van der Waals surface area contributed by atoms with Crippen molar-refractivity contribution in [1.29, 1.82) is 0 Å². The Hall–Kier alpha value is -2.60. The topological polar surface area (TPSA) is 80.3 Å². The molecule has 1 aliphatic heterocycles. The van der Waals surface area contributed by atoms with Crippen LogP contribution in [0.3, 0.4) is 0 Å². The summed E-state index contributed by atoms with van der Waals surface area (Å²) < 4.78 is 4.95. The number of aryl methyl sites for hydroxylation is 1. The fourth-order valence-electron chi connectivity index (χ4n) is 3.32. The van der Waals surface area contributed by atoms with E-state index in [9.17, 15) is 9.59 Å². The number of carbonyl (C=O) groups excluding carboxylic acids is 2. The predicted molar refractivity (Wildman–Crippen MR) is 114 cm³/mol. The summed E-state index contributed by atoms with van der Waals surface area (Å²) in [5, 5.41) is 6.79. The van der Waals surface area contributed by atoms with Gasteiger partial charge in [0, 0.05) is 12.7 Å². The van der Waals surface area contributed by atoms with E-state index in [4.69, 9.17) is 16.3 Å². The summed E-state index contributed by atoms with van der Waals surface area (Å²) in [5.41, 5.74) is 3.30. The van der Waals surface area contributed by atoms with E-state index < -0.39 is 0 Å². The number of halogens is 1. The highest BCUT2D eigenvalue weighted by atomic mass is 35.5. The Labute approximate surface area is 176 Å². The van der Waals surface area contributed by atoms with Gasteiger partial charge in [-0.05, 0) is 54.5 Å². The summed E-state index contributed by atoms with van der Waals surface area (Å²) in [7, 11) is 0. The van der Waals surface area contributed by atoms with E-state index in [1.165, 1.54) is 0 Å². The van der Waals surface area contributed by atoms with Crippen molar-refractivity contribution >= 4 is 35.0 Å². The van der Waals surface area contributed by atoms with Crippen molar-refractivity contribution < 1.29 is 14.3 Å². The summed E-state index contributed by atoms with van der Waals surface area (Å²) in [5.74, 6) is 0.496. The molecule has 0 saturated carbocycles. The van der Waals surface area contributed by atoms with Crippen molar-refractivity contribution in [2.75, 3.05) is 18.5 Å². The molecule has 1 aromatic carbocycles. The number of rotatable bonds is 6. The van der Waals surface area contributed by atoms with Gasteiger partial charge in [-0.2, -0.15) is 0 Å². The summed E-state index contributed by atoms with van der Waals surface area (Å²) >= 11 is 6.27. The van der Waals surface area contributed by atoms with E-state index in [1.807, 2.05) is 45.0 Å². The van der Waals surface area contributed by atoms with E-state index in [0.29, 0.717) is 36.0 Å². The number of nitrogens with zero attached hydrogens (tertiary/aromatic N) is 1. The van der Waals surface area contributed by atoms with Crippen LogP contribution < -0.4 is 10.6 Å². The van der Waals surface area contributed by atoms with Crippen molar-refractivity contribution in [3.05, 3.63) is 52.2 Å². The molecule has 0 spiro atoms. The fourth-order valence-corrected chi connectivity index (χ4v) is 3.49. The van der Waals surface area contributed by atoms with E-state index >= 15 is 0 Å². The van der Waals surface area contributed by atoms with Gasteiger partial charge in [-0.3, -0.25) is 9.59 Å². The van der Waals surface area contributed by atoms with Gasteiger partial charge >= 0.3 is 5.97 Å². The van der Waals surface area contributed by atoms with Crippen LogP contribution in [0.25, 0.3) is 0 Å². The number of esters is 1. The molecule has 1 saturated heterocycles. The SMILES string of the molecule is Cc1ccc(Cl)c(Nc2cc(C(C)C)c(C(=O)NCC3CCOC(=O)C3)cn2)c1. The van der Waals surface area contributed by atoms with Crippen LogP contribution in [0.15, 0.2) is 30.5 Å². The molecule has 2 N–H and O–H groups in total. The third kappa shape index (κ3) is 5.48. The van der Waals surface area contributed by atoms with E-state index in [1.54, 1.807) is 6.20 Å². The maximum absolute atomic E-state index is 12.8. The van der Waals surface area contributed by atoms with Gasteiger partial charge < -0.3 is 15.4 Å². The van der Waals surface area contributed by atoms with Crippen LogP contribution in [0.2, 0.25) is 5.02 Å². The minimum Gasteiger partial charge on any atom is -0.466 e. The summed E-state index contributed by atoms with van der Waals surface area (Å²) in [4.78, 5) is 28.6. The van der Waals surface area contributed by atoms with E-state index in [2.05, 4.69) is 15.6 Å². The average Bonchev–Trinajstić information content (AvgIpc) is 2.69. The van der Waals surface area contributed by atoms with Crippen LogP contribution in [0.5, 0.6) is 0 Å². The van der Waals surface area contributed by atoms with Gasteiger partial charge in [-0.25, -0.2) is 4.98 Å². The quantitative estimate of drug-likeness (QED) is 0.674. The summed E-state index contributed by atoms with van der Waals surface area (Å²) in [6, 6.07) is 7.62. The van der Waals surface area contributed by atoms with Crippen molar-refractivity contribution in [2.45, 2.75) is 39.5 Å². The molecule has 29 heavy (non-hydrogen) atoms. The number of anilines is 2. The number of benzene rings is 1. The Morgan fingerprint density at radius 1 is 1.34 bits per heavy atom. The highest BCUT2D eigenvalue weighted by molar-refractivity contribution is 6.33. The second-order valence-corrected chi connectivity index (χ2v) is 8.12. The molecule has 1 aliphatic rings. The molecular formula is C22H26ClN3O3. The molecule has 6 nitrogen and oxygen atoms in total. The predicted octanol–water partition coefficient (Wildman–Crippen LogP) is 4.59. The standard InChI is InChI=1S/C22H26ClN3O3/c1-13(2)16-10-20(26-19-8-14(3)4-5-18(19)23)24-12-17(16)22(28)25-11-15-6-7-29-21(27)9-15/h4-5,8,10,12-13,15H,6-7,9,11H2,1-3H3,(H,24,26)(H,25,28). The lowest BCUT2D eigenvalue weighted by Crippen LogP contribution is -2.34. The summed E-state index contributed by atoms with van der Waals surface area (Å²) in [6.07, 6.45) is 2.70. The van der Waals surface area contributed by atoms with Gasteiger partial charge in [0.25, 0.3) is 5.91 Å². The van der Waals surface area contributed by atoms with Crippen LogP contribution in [0.1, 0.15) is 54.1 Å². The van der Waals surface area contributed by atoms with Crippen molar-refractivity contribution in [1.82, 2.24) is 10.3 Å². The third-order valence-electron chi connectivity index (χ3n) is 4.98. The Balaban J connectivity index is 1.74. The molecule has 2 aromatic rings. The lowest BCUT2D eigenvalue weighted by atomic mass is 9.97.